The van der Waals surface area contributed by atoms with Gasteiger partial charge in [0, 0.05) is 0 Å². The summed E-state index contributed by atoms with van der Waals surface area (Å²) in [5.74, 6) is -0.761. The van der Waals surface area contributed by atoms with Crippen molar-refractivity contribution in [1.82, 2.24) is 4.90 Å². The van der Waals surface area contributed by atoms with Crippen molar-refractivity contribution in [1.29, 1.82) is 0 Å². The van der Waals surface area contributed by atoms with E-state index >= 15 is 0 Å². The SMILES string of the molecule is CC[C@@H](C(=O)O)N1C(=O)/C(=C/C=C/c2ccco2)SC1=S. The maximum atomic E-state index is 12.2. The molecule has 7 heteroatoms. The van der Waals surface area contributed by atoms with E-state index in [9.17, 15) is 9.59 Å². The van der Waals surface area contributed by atoms with Gasteiger partial charge in [-0.2, -0.15) is 0 Å². The Morgan fingerprint density at radius 2 is 2.38 bits per heavy atom. The molecule has 1 aromatic heterocycles. The van der Waals surface area contributed by atoms with Crippen LogP contribution >= 0.6 is 24.0 Å². The average molecular weight is 323 g/mol. The third-order valence-corrected chi connectivity index (χ3v) is 4.21. The van der Waals surface area contributed by atoms with E-state index in [0.717, 1.165) is 16.7 Å². The molecule has 0 saturated carbocycles. The molecule has 0 bridgehead atoms. The molecule has 2 rings (SSSR count). The number of thiocarbonyl (C=S) groups is 1. The Hall–Kier alpha value is -1.86. The molecule has 1 saturated heterocycles. The number of carboxylic acid groups (broad SMARTS) is 1. The Bertz CT molecular complexity index is 619. The van der Waals surface area contributed by atoms with E-state index in [1.807, 2.05) is 0 Å². The van der Waals surface area contributed by atoms with Crippen LogP contribution in [0.15, 0.2) is 39.9 Å². The molecule has 1 aliphatic rings. The highest BCUT2D eigenvalue weighted by atomic mass is 32.2. The van der Waals surface area contributed by atoms with Crippen LogP contribution in [0, 0.1) is 0 Å². The summed E-state index contributed by atoms with van der Waals surface area (Å²) >= 11 is 6.21. The third kappa shape index (κ3) is 3.43. The largest absolute Gasteiger partial charge is 0.480 e. The summed E-state index contributed by atoms with van der Waals surface area (Å²) in [7, 11) is 0. The summed E-state index contributed by atoms with van der Waals surface area (Å²) in [6.45, 7) is 1.71. The van der Waals surface area contributed by atoms with Gasteiger partial charge in [0.25, 0.3) is 5.91 Å². The van der Waals surface area contributed by atoms with Crippen LogP contribution in [0.3, 0.4) is 0 Å². The lowest BCUT2D eigenvalue weighted by Crippen LogP contribution is -2.43. The standard InChI is InChI=1S/C14H13NO4S2/c1-2-10(13(17)18)15-12(16)11(21-14(15)20)7-3-5-9-6-4-8-19-9/h3-8,10H,2H2,1H3,(H,17,18)/b5-3+,11-7-/t10-/m0/s1. The van der Waals surface area contributed by atoms with Crippen molar-refractivity contribution in [3.63, 3.8) is 0 Å². The van der Waals surface area contributed by atoms with Crippen molar-refractivity contribution in [2.24, 2.45) is 0 Å². The van der Waals surface area contributed by atoms with Crippen LogP contribution in [0.2, 0.25) is 0 Å². The zero-order chi connectivity index (χ0) is 15.4. The highest BCUT2D eigenvalue weighted by Gasteiger charge is 2.39. The van der Waals surface area contributed by atoms with Gasteiger partial charge in [-0.05, 0) is 30.7 Å². The lowest BCUT2D eigenvalue weighted by atomic mass is 10.2. The predicted octanol–water partition coefficient (Wildman–Crippen LogP) is 2.90. The second kappa shape index (κ2) is 6.73. The van der Waals surface area contributed by atoms with Crippen molar-refractivity contribution in [2.45, 2.75) is 19.4 Å². The molecule has 1 atom stereocenters. The number of thioether (sulfide) groups is 1. The molecule has 0 aliphatic carbocycles. The predicted molar refractivity (Wildman–Crippen MR) is 84.6 cm³/mol. The van der Waals surface area contributed by atoms with Crippen molar-refractivity contribution in [3.8, 4) is 0 Å². The fraction of sp³-hybridized carbons (Fsp3) is 0.214. The molecule has 0 unspecified atom stereocenters. The van der Waals surface area contributed by atoms with Crippen molar-refractivity contribution >= 4 is 46.3 Å². The Labute approximate surface area is 131 Å². The van der Waals surface area contributed by atoms with E-state index in [1.165, 1.54) is 0 Å². The van der Waals surface area contributed by atoms with Crippen LogP contribution in [0.5, 0.6) is 0 Å². The van der Waals surface area contributed by atoms with E-state index in [1.54, 1.807) is 43.5 Å². The Morgan fingerprint density at radius 1 is 1.62 bits per heavy atom. The number of hydrogen-bond acceptors (Lipinski definition) is 5. The average Bonchev–Trinajstić information content (AvgIpc) is 3.03. The number of hydrogen-bond donors (Lipinski definition) is 1. The minimum absolute atomic E-state index is 0.270. The summed E-state index contributed by atoms with van der Waals surface area (Å²) < 4.78 is 5.40. The Kier molecular flexibility index (Phi) is 4.98. The smallest absolute Gasteiger partial charge is 0.326 e. The van der Waals surface area contributed by atoms with Gasteiger partial charge in [0.1, 0.15) is 16.1 Å². The van der Waals surface area contributed by atoms with E-state index in [4.69, 9.17) is 21.7 Å². The van der Waals surface area contributed by atoms with E-state index in [0.29, 0.717) is 17.1 Å². The molecule has 5 nitrogen and oxygen atoms in total. The lowest BCUT2D eigenvalue weighted by molar-refractivity contribution is -0.145. The van der Waals surface area contributed by atoms with Crippen LogP contribution < -0.4 is 0 Å². The highest BCUT2D eigenvalue weighted by molar-refractivity contribution is 8.26. The fourth-order valence-corrected chi connectivity index (χ4v) is 3.16. The molecule has 1 aromatic rings. The molecule has 1 aliphatic heterocycles. The number of rotatable bonds is 5. The number of carbonyl (C=O) groups excluding carboxylic acids is 1. The minimum atomic E-state index is -1.05. The van der Waals surface area contributed by atoms with Gasteiger partial charge in [0.05, 0.1) is 11.2 Å². The molecule has 0 radical (unpaired) electrons. The quantitative estimate of drug-likeness (QED) is 0.663. The molecule has 1 fully saturated rings. The van der Waals surface area contributed by atoms with Gasteiger partial charge in [-0.15, -0.1) is 0 Å². The molecular formula is C14H13NO4S2. The van der Waals surface area contributed by atoms with Crippen LogP contribution in [0.1, 0.15) is 19.1 Å². The topological polar surface area (TPSA) is 70.8 Å². The molecule has 1 N–H and O–H groups in total. The second-order valence-electron chi connectivity index (χ2n) is 4.21. The van der Waals surface area contributed by atoms with Gasteiger partial charge in [-0.25, -0.2) is 4.79 Å². The van der Waals surface area contributed by atoms with Crippen molar-refractivity contribution in [3.05, 3.63) is 41.2 Å². The van der Waals surface area contributed by atoms with E-state index in [2.05, 4.69) is 0 Å². The van der Waals surface area contributed by atoms with Gasteiger partial charge in [0.15, 0.2) is 0 Å². The summed E-state index contributed by atoms with van der Waals surface area (Å²) in [4.78, 5) is 25.0. The Balaban J connectivity index is 2.15. The fourth-order valence-electron chi connectivity index (χ4n) is 1.85. The third-order valence-electron chi connectivity index (χ3n) is 2.86. The van der Waals surface area contributed by atoms with Crippen LogP contribution in [0.4, 0.5) is 0 Å². The van der Waals surface area contributed by atoms with Gasteiger partial charge in [0.2, 0.25) is 0 Å². The second-order valence-corrected chi connectivity index (χ2v) is 5.89. The number of nitrogens with zero attached hydrogens (tertiary/aromatic N) is 1. The molecule has 1 amide bonds. The number of furan rings is 1. The maximum absolute atomic E-state index is 12.2. The summed E-state index contributed by atoms with van der Waals surface area (Å²) in [6.07, 6.45) is 6.85. The first kappa shape index (κ1) is 15.5. The number of carboxylic acids is 1. The summed E-state index contributed by atoms with van der Waals surface area (Å²) in [5.41, 5.74) is 0. The minimum Gasteiger partial charge on any atom is -0.480 e. The van der Waals surface area contributed by atoms with Crippen molar-refractivity contribution in [2.75, 3.05) is 0 Å². The number of allylic oxidation sites excluding steroid dienone is 2. The zero-order valence-electron chi connectivity index (χ0n) is 11.2. The Morgan fingerprint density at radius 3 is 2.95 bits per heavy atom. The van der Waals surface area contributed by atoms with Gasteiger partial charge in [-0.1, -0.05) is 37.0 Å². The first-order valence-corrected chi connectivity index (χ1v) is 7.47. The monoisotopic (exact) mass is 323 g/mol. The first-order valence-electron chi connectivity index (χ1n) is 6.24. The number of amides is 1. The van der Waals surface area contributed by atoms with E-state index in [-0.39, 0.29) is 10.2 Å². The molecule has 2 heterocycles. The zero-order valence-corrected chi connectivity index (χ0v) is 12.8. The molecular weight excluding hydrogens is 310 g/mol. The van der Waals surface area contributed by atoms with Crippen molar-refractivity contribution < 1.29 is 19.1 Å². The van der Waals surface area contributed by atoms with Crippen LogP contribution in [-0.4, -0.2) is 32.2 Å². The van der Waals surface area contributed by atoms with Gasteiger partial charge in [-0.3, -0.25) is 9.69 Å². The maximum Gasteiger partial charge on any atom is 0.326 e. The first-order chi connectivity index (χ1) is 10.0. The molecule has 21 heavy (non-hydrogen) atoms. The number of carbonyl (C=O) groups is 2. The molecule has 110 valence electrons. The molecule has 0 spiro atoms. The summed E-state index contributed by atoms with van der Waals surface area (Å²) in [5, 5.41) is 9.15. The normalized spacial score (nSPS) is 18.9. The van der Waals surface area contributed by atoms with Gasteiger partial charge < -0.3 is 9.52 Å². The lowest BCUT2D eigenvalue weighted by Gasteiger charge is -2.21. The number of aliphatic carboxylic acids is 1. The van der Waals surface area contributed by atoms with Gasteiger partial charge >= 0.3 is 5.97 Å². The summed E-state index contributed by atoms with van der Waals surface area (Å²) in [6, 6.07) is 2.63. The highest BCUT2D eigenvalue weighted by Crippen LogP contribution is 2.33. The van der Waals surface area contributed by atoms with E-state index < -0.39 is 12.0 Å². The van der Waals surface area contributed by atoms with Crippen LogP contribution in [-0.2, 0) is 9.59 Å². The molecule has 0 aromatic carbocycles. The van der Waals surface area contributed by atoms with Crippen LogP contribution in [0.25, 0.3) is 6.08 Å².